The van der Waals surface area contributed by atoms with E-state index < -0.39 is 0 Å². The summed E-state index contributed by atoms with van der Waals surface area (Å²) in [7, 11) is 0. The molecule has 5 nitrogen and oxygen atoms in total. The van der Waals surface area contributed by atoms with Crippen molar-refractivity contribution in [3.63, 3.8) is 0 Å². The average Bonchev–Trinajstić information content (AvgIpc) is 2.66. The number of nitrogens with zero attached hydrogens (tertiary/aromatic N) is 3. The van der Waals surface area contributed by atoms with E-state index in [1.54, 1.807) is 30.5 Å². The van der Waals surface area contributed by atoms with Crippen molar-refractivity contribution >= 4 is 21.7 Å². The van der Waals surface area contributed by atoms with E-state index in [2.05, 4.69) is 16.2 Å². The highest BCUT2D eigenvalue weighted by Crippen LogP contribution is 2.24. The number of hydrogen-bond donors (Lipinski definition) is 1. The molecule has 114 valence electrons. The SMILES string of the molecule is N#Cc1ccc2oc(-c3cc4ccccc4cn3)c/c(=N\O)c2c1. The van der Waals surface area contributed by atoms with Gasteiger partial charge in [0.05, 0.1) is 11.6 Å². The Kier molecular flexibility index (Phi) is 3.22. The van der Waals surface area contributed by atoms with Gasteiger partial charge < -0.3 is 9.62 Å². The average molecular weight is 313 g/mol. The highest BCUT2D eigenvalue weighted by Gasteiger charge is 2.09. The minimum atomic E-state index is 0.332. The summed E-state index contributed by atoms with van der Waals surface area (Å²) in [4.78, 5) is 4.42. The molecule has 0 radical (unpaired) electrons. The molecule has 4 aromatic rings. The number of nitriles is 1. The second kappa shape index (κ2) is 5.52. The van der Waals surface area contributed by atoms with E-state index >= 15 is 0 Å². The Labute approximate surface area is 136 Å². The Hall–Kier alpha value is -3.65. The molecule has 2 aromatic carbocycles. The predicted molar refractivity (Wildman–Crippen MR) is 89.0 cm³/mol. The van der Waals surface area contributed by atoms with E-state index in [1.165, 1.54) is 0 Å². The molecule has 0 saturated carbocycles. The van der Waals surface area contributed by atoms with Crippen LogP contribution in [-0.2, 0) is 0 Å². The normalized spacial score (nSPS) is 11.7. The van der Waals surface area contributed by atoms with Gasteiger partial charge in [-0.3, -0.25) is 4.98 Å². The highest BCUT2D eigenvalue weighted by atomic mass is 16.4. The fourth-order valence-corrected chi connectivity index (χ4v) is 2.67. The minimum Gasteiger partial charge on any atom is -0.454 e. The second-order valence-corrected chi connectivity index (χ2v) is 5.34. The molecule has 0 unspecified atom stereocenters. The molecular formula is C19H11N3O2. The fourth-order valence-electron chi connectivity index (χ4n) is 2.67. The second-order valence-electron chi connectivity index (χ2n) is 5.34. The van der Waals surface area contributed by atoms with Crippen LogP contribution in [0, 0.1) is 11.3 Å². The lowest BCUT2D eigenvalue weighted by molar-refractivity contribution is 0.302. The predicted octanol–water partition coefficient (Wildman–Crippen LogP) is 3.81. The van der Waals surface area contributed by atoms with Gasteiger partial charge in [-0.15, -0.1) is 0 Å². The van der Waals surface area contributed by atoms with E-state index in [9.17, 15) is 5.21 Å². The van der Waals surface area contributed by atoms with Gasteiger partial charge in [-0.2, -0.15) is 5.26 Å². The van der Waals surface area contributed by atoms with Crippen molar-refractivity contribution in [1.29, 1.82) is 5.26 Å². The van der Waals surface area contributed by atoms with Gasteiger partial charge in [-0.05, 0) is 29.7 Å². The van der Waals surface area contributed by atoms with Crippen molar-refractivity contribution in [2.24, 2.45) is 5.16 Å². The Morgan fingerprint density at radius 1 is 1.04 bits per heavy atom. The lowest BCUT2D eigenvalue weighted by Crippen LogP contribution is -2.04. The first-order valence-corrected chi connectivity index (χ1v) is 7.30. The third kappa shape index (κ3) is 2.27. The van der Waals surface area contributed by atoms with Crippen molar-refractivity contribution in [2.45, 2.75) is 0 Å². The largest absolute Gasteiger partial charge is 0.454 e. The van der Waals surface area contributed by atoms with Crippen LogP contribution in [0.5, 0.6) is 0 Å². The van der Waals surface area contributed by atoms with E-state index in [4.69, 9.17) is 9.68 Å². The van der Waals surface area contributed by atoms with Crippen LogP contribution >= 0.6 is 0 Å². The summed E-state index contributed by atoms with van der Waals surface area (Å²) in [6, 6.07) is 18.5. The zero-order chi connectivity index (χ0) is 16.5. The van der Waals surface area contributed by atoms with Crippen molar-refractivity contribution < 1.29 is 9.62 Å². The first-order chi connectivity index (χ1) is 11.8. The maximum atomic E-state index is 9.32. The molecule has 0 spiro atoms. The van der Waals surface area contributed by atoms with Gasteiger partial charge in [0.25, 0.3) is 0 Å². The van der Waals surface area contributed by atoms with Crippen LogP contribution in [0.4, 0.5) is 0 Å². The van der Waals surface area contributed by atoms with Gasteiger partial charge in [0, 0.05) is 23.0 Å². The first kappa shape index (κ1) is 14.0. The van der Waals surface area contributed by atoms with Crippen molar-refractivity contribution in [3.05, 3.63) is 71.7 Å². The molecule has 24 heavy (non-hydrogen) atoms. The zero-order valence-corrected chi connectivity index (χ0v) is 12.5. The minimum absolute atomic E-state index is 0.332. The quantitative estimate of drug-likeness (QED) is 0.428. The van der Waals surface area contributed by atoms with Gasteiger partial charge in [0.1, 0.15) is 16.6 Å². The molecule has 0 saturated heterocycles. The molecule has 4 rings (SSSR count). The van der Waals surface area contributed by atoms with Crippen LogP contribution in [0.25, 0.3) is 33.2 Å². The smallest absolute Gasteiger partial charge is 0.155 e. The molecule has 2 heterocycles. The van der Waals surface area contributed by atoms with Crippen LogP contribution in [0.1, 0.15) is 5.56 Å². The van der Waals surface area contributed by atoms with E-state index in [-0.39, 0.29) is 0 Å². The topological polar surface area (TPSA) is 82.4 Å². The van der Waals surface area contributed by atoms with Gasteiger partial charge in [-0.25, -0.2) is 0 Å². The molecule has 0 fully saturated rings. The first-order valence-electron chi connectivity index (χ1n) is 7.30. The molecule has 5 heteroatoms. The third-order valence-electron chi connectivity index (χ3n) is 3.86. The molecule has 0 aliphatic rings. The molecule has 0 aliphatic carbocycles. The molecule has 1 N–H and O–H groups in total. The summed E-state index contributed by atoms with van der Waals surface area (Å²) in [5, 5.41) is 24.6. The van der Waals surface area contributed by atoms with Crippen LogP contribution in [0.2, 0.25) is 0 Å². The maximum absolute atomic E-state index is 9.32. The highest BCUT2D eigenvalue weighted by molar-refractivity contribution is 5.85. The van der Waals surface area contributed by atoms with Gasteiger partial charge in [0.2, 0.25) is 0 Å². The fraction of sp³-hybridized carbons (Fsp3) is 0. The van der Waals surface area contributed by atoms with Crippen LogP contribution in [0.3, 0.4) is 0 Å². The van der Waals surface area contributed by atoms with Crippen molar-refractivity contribution in [3.8, 4) is 17.5 Å². The standard InChI is InChI=1S/C19H11N3O2/c20-10-12-5-6-18-15(7-12)16(22-23)9-19(24-18)17-8-13-3-1-2-4-14(13)11-21-17/h1-9,11,23H/b22-16+. The number of fused-ring (bicyclic) bond motifs is 2. The lowest BCUT2D eigenvalue weighted by Gasteiger charge is -2.05. The zero-order valence-electron chi connectivity index (χ0n) is 12.5. The maximum Gasteiger partial charge on any atom is 0.155 e. The number of benzene rings is 2. The monoisotopic (exact) mass is 313 g/mol. The lowest BCUT2D eigenvalue weighted by atomic mass is 10.1. The summed E-state index contributed by atoms with van der Waals surface area (Å²) < 4.78 is 5.90. The number of rotatable bonds is 1. The molecule has 0 atom stereocenters. The van der Waals surface area contributed by atoms with E-state index in [0.29, 0.717) is 33.3 Å². The Morgan fingerprint density at radius 3 is 2.67 bits per heavy atom. The summed E-state index contributed by atoms with van der Waals surface area (Å²) in [5.41, 5.74) is 1.64. The Morgan fingerprint density at radius 2 is 1.88 bits per heavy atom. The number of hydrogen-bond acceptors (Lipinski definition) is 5. The van der Waals surface area contributed by atoms with E-state index in [0.717, 1.165) is 10.8 Å². The number of pyridine rings is 1. The van der Waals surface area contributed by atoms with Crippen LogP contribution < -0.4 is 5.36 Å². The molecule has 0 aliphatic heterocycles. The van der Waals surface area contributed by atoms with Crippen molar-refractivity contribution in [2.75, 3.05) is 0 Å². The van der Waals surface area contributed by atoms with E-state index in [1.807, 2.05) is 30.3 Å². The summed E-state index contributed by atoms with van der Waals surface area (Å²) in [5.74, 6) is 0.491. The summed E-state index contributed by atoms with van der Waals surface area (Å²) in [6.07, 6.45) is 1.78. The molecule has 0 amide bonds. The Bertz CT molecular complexity index is 1190. The van der Waals surface area contributed by atoms with Crippen molar-refractivity contribution in [1.82, 2.24) is 4.98 Å². The number of aromatic nitrogens is 1. The molecular weight excluding hydrogens is 302 g/mol. The van der Waals surface area contributed by atoms with Crippen LogP contribution in [-0.4, -0.2) is 10.2 Å². The van der Waals surface area contributed by atoms with Gasteiger partial charge in [-0.1, -0.05) is 29.4 Å². The Balaban J connectivity index is 1.97. The van der Waals surface area contributed by atoms with Gasteiger partial charge >= 0.3 is 0 Å². The van der Waals surface area contributed by atoms with Gasteiger partial charge in [0.15, 0.2) is 5.76 Å². The molecule has 0 bridgehead atoms. The van der Waals surface area contributed by atoms with Crippen LogP contribution in [0.15, 0.2) is 70.4 Å². The summed E-state index contributed by atoms with van der Waals surface area (Å²) in [6.45, 7) is 0. The summed E-state index contributed by atoms with van der Waals surface area (Å²) >= 11 is 0. The molecule has 2 aromatic heterocycles. The third-order valence-corrected chi connectivity index (χ3v) is 3.86.